The Balaban J connectivity index is 3.46. The third kappa shape index (κ3) is 2.63. The molecule has 1 aromatic carbocycles. The number of ether oxygens (including phenoxy) is 1. The highest BCUT2D eigenvalue weighted by atomic mass is 19.4. The largest absolute Gasteiger partial charge is 0.419 e. The molecule has 0 unspecified atom stereocenters. The van der Waals surface area contributed by atoms with Gasteiger partial charge in [0.1, 0.15) is 0 Å². The highest BCUT2D eigenvalue weighted by molar-refractivity contribution is 5.42. The molecule has 0 spiro atoms. The van der Waals surface area contributed by atoms with E-state index < -0.39 is 23.4 Å². The lowest BCUT2D eigenvalue weighted by atomic mass is 9.96. The summed E-state index contributed by atoms with van der Waals surface area (Å²) in [7, 11) is 0. The molecule has 0 fully saturated rings. The average Bonchev–Trinajstić information content (AvgIpc) is 2.25. The van der Waals surface area contributed by atoms with Crippen LogP contribution in [0.1, 0.15) is 29.2 Å². The molecule has 0 N–H and O–H groups in total. The van der Waals surface area contributed by atoms with Gasteiger partial charge in [0.05, 0.1) is 12.2 Å². The number of rotatable bonds is 3. The zero-order valence-electron chi connectivity index (χ0n) is 10.2. The second-order valence-corrected chi connectivity index (χ2v) is 3.87. The van der Waals surface area contributed by atoms with E-state index in [4.69, 9.17) is 4.74 Å². The molecule has 0 heterocycles. The highest BCUT2D eigenvalue weighted by Gasteiger charge is 2.39. The smallest absolute Gasteiger partial charge is 0.377 e. The van der Waals surface area contributed by atoms with Crippen molar-refractivity contribution in [3.05, 3.63) is 33.9 Å². The van der Waals surface area contributed by atoms with Crippen LogP contribution in [0.25, 0.3) is 0 Å². The van der Waals surface area contributed by atoms with Gasteiger partial charge in [-0.05, 0) is 31.9 Å². The summed E-state index contributed by atoms with van der Waals surface area (Å²) >= 11 is 0. The van der Waals surface area contributed by atoms with Crippen LogP contribution >= 0.6 is 0 Å². The normalized spacial score (nSPS) is 12.0. The number of alkyl halides is 3. The number of hydrogen-bond donors (Lipinski definition) is 0. The van der Waals surface area contributed by atoms with Gasteiger partial charge in [-0.2, -0.15) is 13.2 Å². The predicted molar refractivity (Wildman–Crippen MR) is 56.2 cm³/mol. The molecule has 1 aromatic rings. The summed E-state index contributed by atoms with van der Waals surface area (Å²) in [4.78, 5) is 0. The van der Waals surface area contributed by atoms with Gasteiger partial charge in [-0.3, -0.25) is 0 Å². The summed E-state index contributed by atoms with van der Waals surface area (Å²) in [6.45, 7) is 4.11. The minimum Gasteiger partial charge on any atom is -0.377 e. The molecule has 0 aliphatic rings. The van der Waals surface area contributed by atoms with E-state index in [1.165, 1.54) is 6.92 Å². The molecule has 1 nitrogen and oxygen atoms in total. The molecular weight excluding hydrogens is 255 g/mol. The maximum Gasteiger partial charge on any atom is 0.419 e. The number of halogens is 5. The molecule has 6 heteroatoms. The third-order valence-electron chi connectivity index (χ3n) is 2.80. The third-order valence-corrected chi connectivity index (χ3v) is 2.80. The van der Waals surface area contributed by atoms with Crippen LogP contribution in [0.4, 0.5) is 22.0 Å². The summed E-state index contributed by atoms with van der Waals surface area (Å²) in [5.74, 6) is -3.35. The Hall–Kier alpha value is -1.17. The molecule has 0 aliphatic heterocycles. The summed E-state index contributed by atoms with van der Waals surface area (Å²) < 4.78 is 69.9. The van der Waals surface area contributed by atoms with E-state index in [0.29, 0.717) is 0 Å². The van der Waals surface area contributed by atoms with Crippen molar-refractivity contribution in [3.8, 4) is 0 Å². The minimum absolute atomic E-state index is 0.0645. The predicted octanol–water partition coefficient (Wildman–Crippen LogP) is 4.14. The molecule has 0 saturated carbocycles. The molecule has 0 atom stereocenters. The first-order valence-corrected chi connectivity index (χ1v) is 5.33. The van der Waals surface area contributed by atoms with Gasteiger partial charge in [-0.25, -0.2) is 8.78 Å². The topological polar surface area (TPSA) is 9.23 Å². The zero-order valence-corrected chi connectivity index (χ0v) is 10.2. The van der Waals surface area contributed by atoms with E-state index in [-0.39, 0.29) is 29.9 Å². The van der Waals surface area contributed by atoms with Gasteiger partial charge >= 0.3 is 6.18 Å². The van der Waals surface area contributed by atoms with Crippen LogP contribution in [0.2, 0.25) is 0 Å². The van der Waals surface area contributed by atoms with Crippen molar-refractivity contribution in [1.82, 2.24) is 0 Å². The molecule has 0 radical (unpaired) electrons. The number of hydrogen-bond acceptors (Lipinski definition) is 1. The van der Waals surface area contributed by atoms with Gasteiger partial charge in [0.2, 0.25) is 0 Å². The quantitative estimate of drug-likeness (QED) is 0.749. The Morgan fingerprint density at radius 1 is 1.00 bits per heavy atom. The van der Waals surface area contributed by atoms with Gasteiger partial charge in [0.15, 0.2) is 11.6 Å². The molecule has 18 heavy (non-hydrogen) atoms. The van der Waals surface area contributed by atoms with Gasteiger partial charge < -0.3 is 4.74 Å². The van der Waals surface area contributed by atoms with Crippen molar-refractivity contribution in [2.75, 3.05) is 6.61 Å². The zero-order chi connectivity index (χ0) is 14.1. The maximum absolute atomic E-state index is 13.6. The molecule has 0 bridgehead atoms. The fourth-order valence-corrected chi connectivity index (χ4v) is 1.70. The molecule has 0 amide bonds. The minimum atomic E-state index is -4.91. The molecule has 1 rings (SSSR count). The lowest BCUT2D eigenvalue weighted by Gasteiger charge is -2.18. The van der Waals surface area contributed by atoms with Gasteiger partial charge in [0, 0.05) is 12.2 Å². The van der Waals surface area contributed by atoms with E-state index in [1.807, 2.05) is 0 Å². The first kappa shape index (κ1) is 14.9. The van der Waals surface area contributed by atoms with Crippen LogP contribution < -0.4 is 0 Å². The average molecular weight is 268 g/mol. The summed E-state index contributed by atoms with van der Waals surface area (Å²) in [5, 5.41) is 0. The molecule has 102 valence electrons. The Labute approximate surface area is 102 Å². The fourth-order valence-electron chi connectivity index (χ4n) is 1.70. The molecule has 0 aliphatic carbocycles. The Kier molecular flexibility index (Phi) is 4.32. The van der Waals surface area contributed by atoms with Crippen LogP contribution in [0.15, 0.2) is 0 Å². The first-order chi connectivity index (χ1) is 8.21. The van der Waals surface area contributed by atoms with E-state index in [0.717, 1.165) is 6.92 Å². The van der Waals surface area contributed by atoms with Crippen LogP contribution in [0.3, 0.4) is 0 Å². The van der Waals surface area contributed by atoms with Crippen molar-refractivity contribution >= 4 is 0 Å². The summed E-state index contributed by atoms with van der Waals surface area (Å²) in [5.41, 5.74) is -1.96. The molecule has 0 aromatic heterocycles. The number of benzene rings is 1. The Morgan fingerprint density at radius 3 is 2.00 bits per heavy atom. The standard InChI is InChI=1S/C12H13F5O/c1-4-18-5-8-6(2)7(3)9(12(15,16)17)11(14)10(8)13/h4-5H2,1-3H3. The van der Waals surface area contributed by atoms with Crippen LogP contribution in [-0.4, -0.2) is 6.61 Å². The lowest BCUT2D eigenvalue weighted by Crippen LogP contribution is -2.16. The Bertz CT molecular complexity index is 422. The van der Waals surface area contributed by atoms with E-state index in [1.54, 1.807) is 6.92 Å². The van der Waals surface area contributed by atoms with Gasteiger partial charge in [-0.1, -0.05) is 0 Å². The van der Waals surface area contributed by atoms with Crippen molar-refractivity contribution < 1.29 is 26.7 Å². The van der Waals surface area contributed by atoms with Gasteiger partial charge in [0.25, 0.3) is 0 Å². The van der Waals surface area contributed by atoms with Crippen LogP contribution in [0.5, 0.6) is 0 Å². The second-order valence-electron chi connectivity index (χ2n) is 3.87. The van der Waals surface area contributed by atoms with E-state index >= 15 is 0 Å². The summed E-state index contributed by atoms with van der Waals surface area (Å²) in [6, 6.07) is 0. The fraction of sp³-hybridized carbons (Fsp3) is 0.500. The molecule has 0 saturated heterocycles. The van der Waals surface area contributed by atoms with Gasteiger partial charge in [-0.15, -0.1) is 0 Å². The van der Waals surface area contributed by atoms with Crippen molar-refractivity contribution in [1.29, 1.82) is 0 Å². The van der Waals surface area contributed by atoms with E-state index in [9.17, 15) is 22.0 Å². The van der Waals surface area contributed by atoms with Crippen molar-refractivity contribution in [2.45, 2.75) is 33.6 Å². The van der Waals surface area contributed by atoms with Crippen LogP contribution in [-0.2, 0) is 17.5 Å². The lowest BCUT2D eigenvalue weighted by molar-refractivity contribution is -0.140. The monoisotopic (exact) mass is 268 g/mol. The van der Waals surface area contributed by atoms with Crippen LogP contribution in [0, 0.1) is 25.5 Å². The maximum atomic E-state index is 13.6. The van der Waals surface area contributed by atoms with Crippen molar-refractivity contribution in [2.24, 2.45) is 0 Å². The first-order valence-electron chi connectivity index (χ1n) is 5.33. The second kappa shape index (κ2) is 5.22. The SMILES string of the molecule is CCOCc1c(C)c(C)c(C(F)(F)F)c(F)c1F. The highest BCUT2D eigenvalue weighted by Crippen LogP contribution is 2.37. The summed E-state index contributed by atoms with van der Waals surface area (Å²) in [6.07, 6.45) is -4.91. The van der Waals surface area contributed by atoms with E-state index in [2.05, 4.69) is 0 Å². The Morgan fingerprint density at radius 2 is 1.56 bits per heavy atom. The molecular formula is C12H13F5O. The van der Waals surface area contributed by atoms with Crippen molar-refractivity contribution in [3.63, 3.8) is 0 Å².